The normalized spacial score (nSPS) is 21.3. The first-order valence-electron chi connectivity index (χ1n) is 8.76. The van der Waals surface area contributed by atoms with Gasteiger partial charge in [-0.25, -0.2) is 9.97 Å². The van der Waals surface area contributed by atoms with Crippen molar-refractivity contribution in [3.8, 4) is 6.07 Å². The van der Waals surface area contributed by atoms with Gasteiger partial charge in [0.2, 0.25) is 0 Å². The summed E-state index contributed by atoms with van der Waals surface area (Å²) in [7, 11) is 0. The number of hydrogen-bond acceptors (Lipinski definition) is 5. The molecule has 1 fully saturated rings. The maximum Gasteiger partial charge on any atom is 0.138 e. The van der Waals surface area contributed by atoms with Crippen LogP contribution < -0.4 is 5.32 Å². The van der Waals surface area contributed by atoms with Crippen molar-refractivity contribution >= 4 is 27.4 Å². The molecular formula is C18H22N4S. The summed E-state index contributed by atoms with van der Waals surface area (Å²) in [6, 6.07) is 2.85. The number of nitrogens with one attached hydrogen (secondary N) is 1. The molecule has 2 aromatic rings. The van der Waals surface area contributed by atoms with Crippen molar-refractivity contribution in [3.05, 3.63) is 16.8 Å². The Labute approximate surface area is 141 Å². The number of nitrogens with zero attached hydrogens (tertiary/aromatic N) is 3. The molecule has 1 unspecified atom stereocenters. The van der Waals surface area contributed by atoms with Gasteiger partial charge < -0.3 is 5.32 Å². The molecule has 1 saturated carbocycles. The maximum atomic E-state index is 8.92. The fraction of sp³-hybridized carbons (Fsp3) is 0.611. The molecule has 0 spiro atoms. The van der Waals surface area contributed by atoms with Crippen molar-refractivity contribution in [2.45, 2.75) is 69.7 Å². The van der Waals surface area contributed by atoms with Crippen molar-refractivity contribution in [2.75, 3.05) is 5.32 Å². The SMILES string of the molecule is N#CCCC1CCc2sc3ncnc(NC4CCCCC4)c3c21. The lowest BCUT2D eigenvalue weighted by molar-refractivity contribution is 0.462. The fourth-order valence-corrected chi connectivity index (χ4v) is 5.39. The van der Waals surface area contributed by atoms with Crippen LogP contribution in [0, 0.1) is 11.3 Å². The molecule has 0 amide bonds. The smallest absolute Gasteiger partial charge is 0.138 e. The summed E-state index contributed by atoms with van der Waals surface area (Å²) in [4.78, 5) is 11.7. The lowest BCUT2D eigenvalue weighted by Crippen LogP contribution is -2.23. The number of fused-ring (bicyclic) bond motifs is 3. The zero-order valence-corrected chi connectivity index (χ0v) is 14.2. The number of thiophene rings is 1. The van der Waals surface area contributed by atoms with E-state index in [0.29, 0.717) is 18.4 Å². The molecule has 23 heavy (non-hydrogen) atoms. The van der Waals surface area contributed by atoms with Crippen molar-refractivity contribution in [2.24, 2.45) is 0 Å². The van der Waals surface area contributed by atoms with E-state index >= 15 is 0 Å². The van der Waals surface area contributed by atoms with E-state index in [2.05, 4.69) is 21.4 Å². The Morgan fingerprint density at radius 2 is 2.09 bits per heavy atom. The zero-order valence-electron chi connectivity index (χ0n) is 13.3. The molecule has 120 valence electrons. The van der Waals surface area contributed by atoms with Crippen LogP contribution in [0.2, 0.25) is 0 Å². The molecule has 1 atom stereocenters. The third-order valence-corrected chi connectivity index (χ3v) is 6.45. The number of hydrogen-bond donors (Lipinski definition) is 1. The van der Waals surface area contributed by atoms with Gasteiger partial charge in [-0.2, -0.15) is 5.26 Å². The van der Waals surface area contributed by atoms with E-state index in [1.54, 1.807) is 6.33 Å². The summed E-state index contributed by atoms with van der Waals surface area (Å²) < 4.78 is 0. The summed E-state index contributed by atoms with van der Waals surface area (Å²) in [6.07, 6.45) is 12.1. The molecule has 2 aliphatic carbocycles. The number of aromatic nitrogens is 2. The highest BCUT2D eigenvalue weighted by molar-refractivity contribution is 7.19. The second-order valence-electron chi connectivity index (χ2n) is 6.75. The summed E-state index contributed by atoms with van der Waals surface area (Å²) in [5.41, 5.74) is 1.44. The van der Waals surface area contributed by atoms with Crippen LogP contribution in [-0.4, -0.2) is 16.0 Å². The second kappa shape index (κ2) is 6.45. The molecule has 5 heteroatoms. The number of anilines is 1. The third-order valence-electron chi connectivity index (χ3n) is 5.28. The minimum atomic E-state index is 0.510. The average Bonchev–Trinajstić information content (AvgIpc) is 3.13. The number of nitriles is 1. The van der Waals surface area contributed by atoms with Crippen LogP contribution in [0.3, 0.4) is 0 Å². The fourth-order valence-electron chi connectivity index (χ4n) is 4.14. The predicted octanol–water partition coefficient (Wildman–Crippen LogP) is 4.77. The molecule has 1 N–H and O–H groups in total. The van der Waals surface area contributed by atoms with Crippen LogP contribution >= 0.6 is 11.3 Å². The van der Waals surface area contributed by atoms with E-state index in [0.717, 1.165) is 23.5 Å². The van der Waals surface area contributed by atoms with E-state index < -0.39 is 0 Å². The highest BCUT2D eigenvalue weighted by Crippen LogP contribution is 2.47. The van der Waals surface area contributed by atoms with Crippen molar-refractivity contribution in [1.29, 1.82) is 5.26 Å². The van der Waals surface area contributed by atoms with Crippen molar-refractivity contribution < 1.29 is 0 Å². The van der Waals surface area contributed by atoms with Gasteiger partial charge in [-0.3, -0.25) is 0 Å². The molecule has 2 aliphatic rings. The minimum Gasteiger partial charge on any atom is -0.367 e. The predicted molar refractivity (Wildman–Crippen MR) is 93.8 cm³/mol. The lowest BCUT2D eigenvalue weighted by atomic mass is 9.94. The van der Waals surface area contributed by atoms with Crippen molar-refractivity contribution in [1.82, 2.24) is 9.97 Å². The van der Waals surface area contributed by atoms with Gasteiger partial charge in [-0.05, 0) is 43.6 Å². The van der Waals surface area contributed by atoms with E-state index in [1.165, 1.54) is 54.4 Å². The summed E-state index contributed by atoms with van der Waals surface area (Å²) in [5, 5.41) is 13.9. The quantitative estimate of drug-likeness (QED) is 0.879. The molecule has 2 aromatic heterocycles. The van der Waals surface area contributed by atoms with Gasteiger partial charge in [0.05, 0.1) is 11.5 Å². The van der Waals surface area contributed by atoms with Gasteiger partial charge in [0.1, 0.15) is 17.0 Å². The van der Waals surface area contributed by atoms with Gasteiger partial charge in [0, 0.05) is 17.3 Å². The molecule has 0 aliphatic heterocycles. The monoisotopic (exact) mass is 326 g/mol. The van der Waals surface area contributed by atoms with Crippen molar-refractivity contribution in [3.63, 3.8) is 0 Å². The van der Waals surface area contributed by atoms with Crippen LogP contribution in [0.1, 0.15) is 67.7 Å². The molecular weight excluding hydrogens is 304 g/mol. The first-order chi connectivity index (χ1) is 11.4. The maximum absolute atomic E-state index is 8.92. The largest absolute Gasteiger partial charge is 0.367 e. The Kier molecular flexibility index (Phi) is 4.17. The lowest BCUT2D eigenvalue weighted by Gasteiger charge is -2.24. The molecule has 0 saturated heterocycles. The number of aryl methyl sites for hydroxylation is 1. The van der Waals surface area contributed by atoms with Crippen LogP contribution in [-0.2, 0) is 6.42 Å². The highest BCUT2D eigenvalue weighted by Gasteiger charge is 2.29. The van der Waals surface area contributed by atoms with Gasteiger partial charge in [0.15, 0.2) is 0 Å². The average molecular weight is 326 g/mol. The Hall–Kier alpha value is -1.67. The Morgan fingerprint density at radius 1 is 1.22 bits per heavy atom. The van der Waals surface area contributed by atoms with Crippen LogP contribution in [0.5, 0.6) is 0 Å². The van der Waals surface area contributed by atoms with E-state index in [-0.39, 0.29) is 0 Å². The molecule has 0 bridgehead atoms. The number of rotatable bonds is 4. The third kappa shape index (κ3) is 2.81. The van der Waals surface area contributed by atoms with E-state index in [1.807, 2.05) is 11.3 Å². The summed E-state index contributed by atoms with van der Waals surface area (Å²) in [6.45, 7) is 0. The van der Waals surface area contributed by atoms with Gasteiger partial charge in [-0.15, -0.1) is 11.3 Å². The van der Waals surface area contributed by atoms with Gasteiger partial charge >= 0.3 is 0 Å². The first-order valence-corrected chi connectivity index (χ1v) is 9.58. The van der Waals surface area contributed by atoms with Crippen LogP contribution in [0.4, 0.5) is 5.82 Å². The van der Waals surface area contributed by atoms with Gasteiger partial charge in [-0.1, -0.05) is 19.3 Å². The molecule has 2 heterocycles. The summed E-state index contributed by atoms with van der Waals surface area (Å²) >= 11 is 1.83. The molecule has 4 rings (SSSR count). The van der Waals surface area contributed by atoms with E-state index in [4.69, 9.17) is 5.26 Å². The highest BCUT2D eigenvalue weighted by atomic mass is 32.1. The Morgan fingerprint density at radius 3 is 2.91 bits per heavy atom. The standard InChI is InChI=1S/C18H22N4S/c19-10-4-5-12-8-9-14-15(12)16-17(20-11-21-18(16)23-14)22-13-6-2-1-3-7-13/h11-13H,1-9H2,(H,20,21,22). The molecule has 0 aromatic carbocycles. The van der Waals surface area contributed by atoms with Gasteiger partial charge in [0.25, 0.3) is 0 Å². The van der Waals surface area contributed by atoms with E-state index in [9.17, 15) is 0 Å². The van der Waals surface area contributed by atoms with Crippen LogP contribution in [0.15, 0.2) is 6.33 Å². The Balaban J connectivity index is 1.69. The minimum absolute atomic E-state index is 0.510. The molecule has 4 nitrogen and oxygen atoms in total. The topological polar surface area (TPSA) is 61.6 Å². The Bertz CT molecular complexity index is 739. The first kappa shape index (κ1) is 14.9. The zero-order chi connectivity index (χ0) is 15.6. The summed E-state index contributed by atoms with van der Waals surface area (Å²) in [5.74, 6) is 1.54. The van der Waals surface area contributed by atoms with Crippen LogP contribution in [0.25, 0.3) is 10.2 Å². The second-order valence-corrected chi connectivity index (χ2v) is 7.84. The molecule has 0 radical (unpaired) electrons.